The molecule has 2 rings (SSSR count). The molecule has 18 heavy (non-hydrogen) atoms. The molecule has 0 aromatic heterocycles. The first-order valence-electron chi connectivity index (χ1n) is 5.36. The topological polar surface area (TPSA) is 35.2 Å². The lowest BCUT2D eigenvalue weighted by molar-refractivity contribution is -0.0497. The van der Waals surface area contributed by atoms with E-state index in [4.69, 9.17) is 5.73 Å². The Hall–Kier alpha value is -2.12. The zero-order valence-electron chi connectivity index (χ0n) is 9.49. The molecule has 2 aromatic rings. The van der Waals surface area contributed by atoms with Crippen molar-refractivity contribution in [1.29, 1.82) is 0 Å². The molecule has 0 aliphatic carbocycles. The molecule has 2 aromatic carbocycles. The minimum Gasteiger partial charge on any atom is -0.435 e. The SMILES string of the molecule is NCC#Cc1ccc2cc(OC(F)F)ccc2c1. The summed E-state index contributed by atoms with van der Waals surface area (Å²) in [6.07, 6.45) is 0. The highest BCUT2D eigenvalue weighted by molar-refractivity contribution is 5.85. The van der Waals surface area contributed by atoms with E-state index in [0.717, 1.165) is 16.3 Å². The number of halogens is 2. The summed E-state index contributed by atoms with van der Waals surface area (Å²) < 4.78 is 28.5. The summed E-state index contributed by atoms with van der Waals surface area (Å²) >= 11 is 0. The molecule has 2 nitrogen and oxygen atoms in total. The Morgan fingerprint density at radius 1 is 1.11 bits per heavy atom. The predicted molar refractivity (Wildman–Crippen MR) is 66.5 cm³/mol. The van der Waals surface area contributed by atoms with Gasteiger partial charge in [0.1, 0.15) is 5.75 Å². The first-order chi connectivity index (χ1) is 8.69. The fraction of sp³-hybridized carbons (Fsp3) is 0.143. The van der Waals surface area contributed by atoms with Crippen LogP contribution in [0.25, 0.3) is 10.8 Å². The number of hydrogen-bond acceptors (Lipinski definition) is 2. The molecule has 0 spiro atoms. The third-order valence-electron chi connectivity index (χ3n) is 2.37. The summed E-state index contributed by atoms with van der Waals surface area (Å²) in [7, 11) is 0. The van der Waals surface area contributed by atoms with Gasteiger partial charge in [0.25, 0.3) is 0 Å². The number of fused-ring (bicyclic) bond motifs is 1. The highest BCUT2D eigenvalue weighted by Gasteiger charge is 2.04. The highest BCUT2D eigenvalue weighted by Crippen LogP contribution is 2.23. The Morgan fingerprint density at radius 2 is 1.83 bits per heavy atom. The van der Waals surface area contributed by atoms with Crippen LogP contribution in [0.2, 0.25) is 0 Å². The van der Waals surface area contributed by atoms with Gasteiger partial charge in [0, 0.05) is 5.56 Å². The number of ether oxygens (including phenoxy) is 1. The largest absolute Gasteiger partial charge is 0.435 e. The van der Waals surface area contributed by atoms with Crippen LogP contribution in [0.3, 0.4) is 0 Å². The van der Waals surface area contributed by atoms with E-state index in [2.05, 4.69) is 16.6 Å². The lowest BCUT2D eigenvalue weighted by Gasteiger charge is -2.05. The first-order valence-corrected chi connectivity index (χ1v) is 5.36. The zero-order valence-corrected chi connectivity index (χ0v) is 9.49. The molecule has 0 heterocycles. The summed E-state index contributed by atoms with van der Waals surface area (Å²) in [5.41, 5.74) is 6.14. The average Bonchev–Trinajstić information content (AvgIpc) is 2.35. The van der Waals surface area contributed by atoms with Gasteiger partial charge in [-0.05, 0) is 35.0 Å². The van der Waals surface area contributed by atoms with Gasteiger partial charge in [-0.3, -0.25) is 0 Å². The summed E-state index contributed by atoms with van der Waals surface area (Å²) in [4.78, 5) is 0. The molecule has 0 radical (unpaired) electrons. The molecule has 0 atom stereocenters. The number of benzene rings is 2. The van der Waals surface area contributed by atoms with E-state index >= 15 is 0 Å². The van der Waals surface area contributed by atoms with E-state index in [1.54, 1.807) is 12.1 Å². The summed E-state index contributed by atoms with van der Waals surface area (Å²) in [5.74, 6) is 5.83. The molecule has 0 saturated heterocycles. The van der Waals surface area contributed by atoms with Crippen LogP contribution in [-0.4, -0.2) is 13.2 Å². The van der Waals surface area contributed by atoms with Gasteiger partial charge < -0.3 is 10.5 Å². The molecule has 0 aliphatic rings. The van der Waals surface area contributed by atoms with E-state index in [0.29, 0.717) is 6.54 Å². The van der Waals surface area contributed by atoms with Gasteiger partial charge in [-0.1, -0.05) is 24.0 Å². The summed E-state index contributed by atoms with van der Waals surface area (Å²) in [5, 5.41) is 1.74. The van der Waals surface area contributed by atoms with Gasteiger partial charge in [0.2, 0.25) is 0 Å². The number of hydrogen-bond donors (Lipinski definition) is 1. The molecule has 0 bridgehead atoms. The molecule has 2 N–H and O–H groups in total. The fourth-order valence-corrected chi connectivity index (χ4v) is 1.63. The molecular formula is C14H11F2NO. The van der Waals surface area contributed by atoms with Gasteiger partial charge in [-0.2, -0.15) is 8.78 Å². The lowest BCUT2D eigenvalue weighted by atomic mass is 10.1. The maximum absolute atomic E-state index is 12.1. The van der Waals surface area contributed by atoms with Crippen LogP contribution in [-0.2, 0) is 0 Å². The third-order valence-corrected chi connectivity index (χ3v) is 2.37. The van der Waals surface area contributed by atoms with Crippen molar-refractivity contribution in [3.05, 3.63) is 42.0 Å². The van der Waals surface area contributed by atoms with Crippen LogP contribution in [0.5, 0.6) is 5.75 Å². The van der Waals surface area contributed by atoms with Crippen molar-refractivity contribution in [2.45, 2.75) is 6.61 Å². The second-order valence-electron chi connectivity index (χ2n) is 3.61. The summed E-state index contributed by atoms with van der Waals surface area (Å²) in [6.45, 7) is -2.50. The van der Waals surface area contributed by atoms with Crippen LogP contribution in [0.15, 0.2) is 36.4 Å². The second kappa shape index (κ2) is 5.48. The van der Waals surface area contributed by atoms with Gasteiger partial charge in [0.15, 0.2) is 0 Å². The monoisotopic (exact) mass is 247 g/mol. The Labute approximate surface area is 103 Å². The minimum absolute atomic E-state index is 0.151. The Bertz CT molecular complexity index is 614. The summed E-state index contributed by atoms with van der Waals surface area (Å²) in [6, 6.07) is 10.3. The molecule has 0 unspecified atom stereocenters. The predicted octanol–water partition coefficient (Wildman–Crippen LogP) is 2.75. The van der Waals surface area contributed by atoms with Crippen LogP contribution in [0.1, 0.15) is 5.56 Å². The standard InChI is InChI=1S/C14H11F2NO/c15-14(16)18-13-6-5-11-8-10(2-1-7-17)3-4-12(11)9-13/h3-6,8-9,14H,7,17H2. The quantitative estimate of drug-likeness (QED) is 0.828. The Kier molecular flexibility index (Phi) is 3.75. The van der Waals surface area contributed by atoms with Gasteiger partial charge >= 0.3 is 6.61 Å². The molecule has 4 heteroatoms. The third kappa shape index (κ3) is 2.96. The highest BCUT2D eigenvalue weighted by atomic mass is 19.3. The fourth-order valence-electron chi connectivity index (χ4n) is 1.63. The molecule has 0 fully saturated rings. The molecule has 92 valence electrons. The van der Waals surface area contributed by atoms with E-state index in [1.165, 1.54) is 6.07 Å². The number of nitrogens with two attached hydrogens (primary N) is 1. The average molecular weight is 247 g/mol. The second-order valence-corrected chi connectivity index (χ2v) is 3.61. The van der Waals surface area contributed by atoms with Crippen molar-refractivity contribution in [3.8, 4) is 17.6 Å². The van der Waals surface area contributed by atoms with Crippen molar-refractivity contribution in [2.75, 3.05) is 6.54 Å². The molecular weight excluding hydrogens is 236 g/mol. The number of alkyl halides is 2. The maximum Gasteiger partial charge on any atom is 0.387 e. The van der Waals surface area contributed by atoms with Crippen LogP contribution < -0.4 is 10.5 Å². The molecule has 0 aliphatic heterocycles. The van der Waals surface area contributed by atoms with E-state index < -0.39 is 6.61 Å². The van der Waals surface area contributed by atoms with Crippen molar-refractivity contribution in [2.24, 2.45) is 5.73 Å². The smallest absolute Gasteiger partial charge is 0.387 e. The van der Waals surface area contributed by atoms with Crippen LogP contribution in [0.4, 0.5) is 8.78 Å². The van der Waals surface area contributed by atoms with Gasteiger partial charge in [-0.15, -0.1) is 0 Å². The molecule has 0 amide bonds. The van der Waals surface area contributed by atoms with Gasteiger partial charge in [0.05, 0.1) is 6.54 Å². The normalized spacial score (nSPS) is 10.2. The van der Waals surface area contributed by atoms with E-state index in [9.17, 15) is 8.78 Å². The van der Waals surface area contributed by atoms with Crippen LogP contribution >= 0.6 is 0 Å². The van der Waals surface area contributed by atoms with Crippen LogP contribution in [0, 0.1) is 11.8 Å². The Balaban J connectivity index is 2.35. The van der Waals surface area contributed by atoms with Crippen molar-refractivity contribution >= 4 is 10.8 Å². The van der Waals surface area contributed by atoms with Gasteiger partial charge in [-0.25, -0.2) is 0 Å². The molecule has 0 saturated carbocycles. The minimum atomic E-state index is -2.81. The van der Waals surface area contributed by atoms with Crippen molar-refractivity contribution in [1.82, 2.24) is 0 Å². The van der Waals surface area contributed by atoms with Crippen molar-refractivity contribution in [3.63, 3.8) is 0 Å². The van der Waals surface area contributed by atoms with E-state index in [1.807, 2.05) is 18.2 Å². The zero-order chi connectivity index (χ0) is 13.0. The maximum atomic E-state index is 12.1. The van der Waals surface area contributed by atoms with E-state index in [-0.39, 0.29) is 5.75 Å². The Morgan fingerprint density at radius 3 is 2.56 bits per heavy atom. The number of rotatable bonds is 2. The van der Waals surface area contributed by atoms with Crippen molar-refractivity contribution < 1.29 is 13.5 Å². The lowest BCUT2D eigenvalue weighted by Crippen LogP contribution is -2.01. The first kappa shape index (κ1) is 12.3.